The molecule has 5 nitrogen and oxygen atoms in total. The summed E-state index contributed by atoms with van der Waals surface area (Å²) in [5.74, 6) is -1.01. The highest BCUT2D eigenvalue weighted by Crippen LogP contribution is 2.12. The van der Waals surface area contributed by atoms with Crippen LogP contribution in [0.2, 0.25) is 0 Å². The lowest BCUT2D eigenvalue weighted by molar-refractivity contribution is -0.153. The number of ether oxygens (including phenoxy) is 1. The minimum atomic E-state index is -1.68. The van der Waals surface area contributed by atoms with E-state index in [1.807, 2.05) is 6.26 Å². The summed E-state index contributed by atoms with van der Waals surface area (Å²) in [4.78, 5) is 22.4. The molecule has 0 fully saturated rings. The number of hydrogen-bond donors (Lipinski definition) is 2. The van der Waals surface area contributed by atoms with Crippen molar-refractivity contribution in [1.29, 1.82) is 0 Å². The Hall–Kier alpha value is -0.750. The fraction of sp³-hybridized carbons (Fsp3) is 0.750. The van der Waals surface area contributed by atoms with Gasteiger partial charge in [-0.05, 0) is 25.4 Å². The van der Waals surface area contributed by atoms with Crippen LogP contribution < -0.4 is 11.5 Å². The van der Waals surface area contributed by atoms with E-state index in [4.69, 9.17) is 16.2 Å². The van der Waals surface area contributed by atoms with E-state index in [1.165, 1.54) is 11.8 Å². The van der Waals surface area contributed by atoms with Crippen molar-refractivity contribution in [1.82, 2.24) is 0 Å². The molecule has 0 heterocycles. The van der Waals surface area contributed by atoms with Crippen molar-refractivity contribution >= 4 is 23.6 Å². The fourth-order valence-electron chi connectivity index (χ4n) is 0.849. The third-order valence-electron chi connectivity index (χ3n) is 1.78. The van der Waals surface area contributed by atoms with Crippen LogP contribution in [0.25, 0.3) is 0 Å². The Morgan fingerprint density at radius 3 is 2.43 bits per heavy atom. The third-order valence-corrected chi connectivity index (χ3v) is 2.39. The van der Waals surface area contributed by atoms with Gasteiger partial charge in [0.15, 0.2) is 5.54 Å². The van der Waals surface area contributed by atoms with Gasteiger partial charge in [-0.15, -0.1) is 0 Å². The van der Waals surface area contributed by atoms with Crippen LogP contribution >= 0.6 is 11.8 Å². The molecule has 0 radical (unpaired) electrons. The minimum absolute atomic E-state index is 0.185. The maximum absolute atomic E-state index is 11.4. The second-order valence-electron chi connectivity index (χ2n) is 2.80. The van der Waals surface area contributed by atoms with Crippen LogP contribution in [0.1, 0.15) is 13.3 Å². The molecule has 0 saturated heterocycles. The van der Waals surface area contributed by atoms with Crippen LogP contribution in [0.4, 0.5) is 0 Å². The highest BCUT2D eigenvalue weighted by molar-refractivity contribution is 7.98. The van der Waals surface area contributed by atoms with Crippen LogP contribution in [-0.4, -0.2) is 36.0 Å². The summed E-state index contributed by atoms with van der Waals surface area (Å²) >= 11 is 1.49. The van der Waals surface area contributed by atoms with Gasteiger partial charge < -0.3 is 16.2 Å². The smallest absolute Gasteiger partial charge is 0.335 e. The molecule has 0 aliphatic rings. The minimum Gasteiger partial charge on any atom is -0.464 e. The Morgan fingerprint density at radius 1 is 1.50 bits per heavy atom. The molecular weight excluding hydrogens is 204 g/mol. The molecule has 0 bridgehead atoms. The van der Waals surface area contributed by atoms with Crippen molar-refractivity contribution in [3.63, 3.8) is 0 Å². The molecule has 0 aromatic carbocycles. The lowest BCUT2D eigenvalue weighted by atomic mass is 9.97. The summed E-state index contributed by atoms with van der Waals surface area (Å²) in [6, 6.07) is 0. The SMILES string of the molecule is CCOC(=O)C(N)(CCSC)C(N)=O. The molecule has 0 aromatic heterocycles. The lowest BCUT2D eigenvalue weighted by Crippen LogP contribution is -2.59. The molecule has 0 aromatic rings. The van der Waals surface area contributed by atoms with E-state index in [0.717, 1.165) is 0 Å². The van der Waals surface area contributed by atoms with Crippen molar-refractivity contribution in [3.05, 3.63) is 0 Å². The van der Waals surface area contributed by atoms with Gasteiger partial charge in [-0.25, -0.2) is 4.79 Å². The quantitative estimate of drug-likeness (QED) is 0.464. The number of esters is 1. The zero-order valence-electron chi connectivity index (χ0n) is 8.41. The monoisotopic (exact) mass is 220 g/mol. The fourth-order valence-corrected chi connectivity index (χ4v) is 1.37. The van der Waals surface area contributed by atoms with Crippen molar-refractivity contribution < 1.29 is 14.3 Å². The Balaban J connectivity index is 4.53. The van der Waals surface area contributed by atoms with Gasteiger partial charge in [0.1, 0.15) is 0 Å². The number of hydrogen-bond acceptors (Lipinski definition) is 5. The normalized spacial score (nSPS) is 14.5. The molecule has 0 aliphatic heterocycles. The predicted octanol–water partition coefficient (Wildman–Crippen LogP) is -0.515. The highest BCUT2D eigenvalue weighted by atomic mass is 32.2. The maximum Gasteiger partial charge on any atom is 0.335 e. The number of carbonyl (C=O) groups is 2. The number of rotatable bonds is 6. The second kappa shape index (κ2) is 5.87. The van der Waals surface area contributed by atoms with E-state index >= 15 is 0 Å². The summed E-state index contributed by atoms with van der Waals surface area (Å²) in [5, 5.41) is 0. The first-order valence-electron chi connectivity index (χ1n) is 4.24. The molecule has 1 unspecified atom stereocenters. The van der Waals surface area contributed by atoms with Gasteiger partial charge in [0.2, 0.25) is 5.91 Å². The third kappa shape index (κ3) is 3.19. The summed E-state index contributed by atoms with van der Waals surface area (Å²) < 4.78 is 4.69. The second-order valence-corrected chi connectivity index (χ2v) is 3.78. The van der Waals surface area contributed by atoms with E-state index in [0.29, 0.717) is 5.75 Å². The number of amides is 1. The Morgan fingerprint density at radius 2 is 2.07 bits per heavy atom. The van der Waals surface area contributed by atoms with Gasteiger partial charge in [0, 0.05) is 0 Å². The number of carbonyl (C=O) groups excluding carboxylic acids is 2. The predicted molar refractivity (Wildman–Crippen MR) is 55.7 cm³/mol. The van der Waals surface area contributed by atoms with Gasteiger partial charge in [-0.2, -0.15) is 11.8 Å². The summed E-state index contributed by atoms with van der Waals surface area (Å²) in [6.45, 7) is 1.83. The molecule has 0 saturated carbocycles. The van der Waals surface area contributed by atoms with Crippen LogP contribution in [-0.2, 0) is 14.3 Å². The van der Waals surface area contributed by atoms with Crippen molar-refractivity contribution in [2.75, 3.05) is 18.6 Å². The van der Waals surface area contributed by atoms with Gasteiger partial charge in [-0.3, -0.25) is 4.79 Å². The average molecular weight is 220 g/mol. The molecule has 0 spiro atoms. The van der Waals surface area contributed by atoms with Gasteiger partial charge >= 0.3 is 5.97 Å². The molecule has 0 rings (SSSR count). The van der Waals surface area contributed by atoms with Gasteiger partial charge in [0.25, 0.3) is 0 Å². The van der Waals surface area contributed by atoms with E-state index in [2.05, 4.69) is 0 Å². The first kappa shape index (κ1) is 13.2. The molecule has 1 atom stereocenters. The molecule has 14 heavy (non-hydrogen) atoms. The molecule has 1 amide bonds. The zero-order valence-corrected chi connectivity index (χ0v) is 9.23. The summed E-state index contributed by atoms with van der Waals surface area (Å²) in [7, 11) is 0. The van der Waals surface area contributed by atoms with Gasteiger partial charge in [0.05, 0.1) is 6.61 Å². The average Bonchev–Trinajstić information content (AvgIpc) is 2.14. The van der Waals surface area contributed by atoms with Crippen molar-refractivity contribution in [2.24, 2.45) is 11.5 Å². The standard InChI is InChI=1S/C8H16N2O3S/c1-3-13-7(12)8(10,6(9)11)4-5-14-2/h3-5,10H2,1-2H3,(H2,9,11). The maximum atomic E-state index is 11.4. The first-order valence-corrected chi connectivity index (χ1v) is 5.63. The highest BCUT2D eigenvalue weighted by Gasteiger charge is 2.41. The molecule has 4 N–H and O–H groups in total. The lowest BCUT2D eigenvalue weighted by Gasteiger charge is -2.22. The van der Waals surface area contributed by atoms with Crippen LogP contribution in [0, 0.1) is 0 Å². The van der Waals surface area contributed by atoms with E-state index in [9.17, 15) is 9.59 Å². The van der Waals surface area contributed by atoms with E-state index in [1.54, 1.807) is 6.92 Å². The number of thioether (sulfide) groups is 1. The Bertz CT molecular complexity index is 223. The zero-order chi connectivity index (χ0) is 11.2. The Kier molecular flexibility index (Phi) is 5.56. The molecular formula is C8H16N2O3S. The topological polar surface area (TPSA) is 95.4 Å². The van der Waals surface area contributed by atoms with Crippen LogP contribution in [0.3, 0.4) is 0 Å². The largest absolute Gasteiger partial charge is 0.464 e. The molecule has 82 valence electrons. The van der Waals surface area contributed by atoms with E-state index < -0.39 is 17.4 Å². The Labute approximate surface area is 87.5 Å². The molecule has 6 heteroatoms. The number of primary amides is 1. The molecule has 0 aliphatic carbocycles. The van der Waals surface area contributed by atoms with Crippen LogP contribution in [0.5, 0.6) is 0 Å². The van der Waals surface area contributed by atoms with E-state index in [-0.39, 0.29) is 13.0 Å². The van der Waals surface area contributed by atoms with Gasteiger partial charge in [-0.1, -0.05) is 0 Å². The summed E-state index contributed by atoms with van der Waals surface area (Å²) in [6.07, 6.45) is 2.05. The summed E-state index contributed by atoms with van der Waals surface area (Å²) in [5.41, 5.74) is 8.98. The first-order chi connectivity index (χ1) is 6.49. The van der Waals surface area contributed by atoms with Crippen LogP contribution in [0.15, 0.2) is 0 Å². The van der Waals surface area contributed by atoms with Crippen molar-refractivity contribution in [3.8, 4) is 0 Å². The number of nitrogens with two attached hydrogens (primary N) is 2. The van der Waals surface area contributed by atoms with Crippen molar-refractivity contribution in [2.45, 2.75) is 18.9 Å².